The van der Waals surface area contributed by atoms with Crippen LogP contribution in [-0.2, 0) is 4.79 Å². The third kappa shape index (κ3) is 4.91. The van der Waals surface area contributed by atoms with Crippen molar-refractivity contribution in [1.82, 2.24) is 0 Å². The molecule has 4 heteroatoms. The van der Waals surface area contributed by atoms with Gasteiger partial charge in [0.15, 0.2) is 0 Å². The van der Waals surface area contributed by atoms with Crippen molar-refractivity contribution in [2.45, 2.75) is 34.1 Å². The molecule has 1 atom stereocenters. The second kappa shape index (κ2) is 6.06. The predicted octanol–water partition coefficient (Wildman–Crippen LogP) is 2.65. The normalized spacial score (nSPS) is 13.1. The van der Waals surface area contributed by atoms with Crippen molar-refractivity contribution >= 4 is 11.6 Å². The van der Waals surface area contributed by atoms with Crippen LogP contribution in [0.4, 0.5) is 5.69 Å². The fraction of sp³-hybridized carbons (Fsp3) is 0.533. The number of phenolic OH excluding ortho intramolecular Hbond substituents is 1. The van der Waals surface area contributed by atoms with Crippen LogP contribution < -0.4 is 11.1 Å². The summed E-state index contributed by atoms with van der Waals surface area (Å²) in [6.45, 7) is 8.40. The Morgan fingerprint density at radius 3 is 2.53 bits per heavy atom. The van der Waals surface area contributed by atoms with E-state index in [1.807, 2.05) is 0 Å². The highest BCUT2D eigenvalue weighted by atomic mass is 16.3. The zero-order valence-electron chi connectivity index (χ0n) is 12.2. The van der Waals surface area contributed by atoms with E-state index in [0.717, 1.165) is 12.0 Å². The molecule has 0 heterocycles. The SMILES string of the molecule is Cc1cc(NC(=O)C(CN)CC(C)(C)C)ccc1O. The van der Waals surface area contributed by atoms with E-state index in [9.17, 15) is 9.90 Å². The number of aryl methyl sites for hydroxylation is 1. The molecule has 4 N–H and O–H groups in total. The van der Waals surface area contributed by atoms with Gasteiger partial charge in [-0.15, -0.1) is 0 Å². The van der Waals surface area contributed by atoms with Crippen LogP contribution in [0.15, 0.2) is 18.2 Å². The molecule has 0 bridgehead atoms. The molecular weight excluding hydrogens is 240 g/mol. The number of benzene rings is 1. The van der Waals surface area contributed by atoms with E-state index in [4.69, 9.17) is 5.73 Å². The number of carbonyl (C=O) groups excluding carboxylic acids is 1. The van der Waals surface area contributed by atoms with Crippen molar-refractivity contribution in [3.8, 4) is 5.75 Å². The van der Waals surface area contributed by atoms with E-state index in [0.29, 0.717) is 12.2 Å². The fourth-order valence-electron chi connectivity index (χ4n) is 2.00. The summed E-state index contributed by atoms with van der Waals surface area (Å²) >= 11 is 0. The Morgan fingerprint density at radius 2 is 2.05 bits per heavy atom. The molecule has 106 valence electrons. The first kappa shape index (κ1) is 15.5. The minimum absolute atomic E-state index is 0.0618. The van der Waals surface area contributed by atoms with Gasteiger partial charge in [-0.25, -0.2) is 0 Å². The van der Waals surface area contributed by atoms with E-state index >= 15 is 0 Å². The third-order valence-corrected chi connectivity index (χ3v) is 2.98. The summed E-state index contributed by atoms with van der Waals surface area (Å²) in [5, 5.41) is 12.3. The van der Waals surface area contributed by atoms with Crippen LogP contribution in [0.25, 0.3) is 0 Å². The van der Waals surface area contributed by atoms with Gasteiger partial charge < -0.3 is 16.2 Å². The van der Waals surface area contributed by atoms with Gasteiger partial charge in [0.05, 0.1) is 5.92 Å². The van der Waals surface area contributed by atoms with Crippen LogP contribution in [0.3, 0.4) is 0 Å². The van der Waals surface area contributed by atoms with Crippen LogP contribution in [0.1, 0.15) is 32.8 Å². The molecule has 4 nitrogen and oxygen atoms in total. The number of carbonyl (C=O) groups is 1. The predicted molar refractivity (Wildman–Crippen MR) is 78.1 cm³/mol. The van der Waals surface area contributed by atoms with Gasteiger partial charge in [-0.2, -0.15) is 0 Å². The summed E-state index contributed by atoms with van der Waals surface area (Å²) in [4.78, 5) is 12.2. The topological polar surface area (TPSA) is 75.4 Å². The molecule has 0 aromatic heterocycles. The monoisotopic (exact) mass is 264 g/mol. The Morgan fingerprint density at radius 1 is 1.42 bits per heavy atom. The average Bonchev–Trinajstić information content (AvgIpc) is 2.29. The lowest BCUT2D eigenvalue weighted by Crippen LogP contribution is -2.32. The van der Waals surface area contributed by atoms with Gasteiger partial charge in [-0.1, -0.05) is 20.8 Å². The number of amides is 1. The van der Waals surface area contributed by atoms with Crippen molar-refractivity contribution < 1.29 is 9.90 Å². The molecule has 0 saturated carbocycles. The number of nitrogens with two attached hydrogens (primary N) is 1. The smallest absolute Gasteiger partial charge is 0.228 e. The minimum Gasteiger partial charge on any atom is -0.508 e. The number of anilines is 1. The molecule has 1 aromatic carbocycles. The fourth-order valence-corrected chi connectivity index (χ4v) is 2.00. The number of aromatic hydroxyl groups is 1. The van der Waals surface area contributed by atoms with Gasteiger partial charge in [0.25, 0.3) is 0 Å². The lowest BCUT2D eigenvalue weighted by Gasteiger charge is -2.24. The summed E-state index contributed by atoms with van der Waals surface area (Å²) in [5.41, 5.74) is 7.17. The van der Waals surface area contributed by atoms with Gasteiger partial charge in [0, 0.05) is 12.2 Å². The van der Waals surface area contributed by atoms with Gasteiger partial charge >= 0.3 is 0 Å². The Hall–Kier alpha value is -1.55. The first-order chi connectivity index (χ1) is 8.73. The van der Waals surface area contributed by atoms with Gasteiger partial charge in [-0.3, -0.25) is 4.79 Å². The third-order valence-electron chi connectivity index (χ3n) is 2.98. The van der Waals surface area contributed by atoms with Gasteiger partial charge in [0.2, 0.25) is 5.91 Å². The summed E-state index contributed by atoms with van der Waals surface area (Å²) in [5.74, 6) is -0.0420. The molecule has 1 rings (SSSR count). The summed E-state index contributed by atoms with van der Waals surface area (Å²) in [6.07, 6.45) is 0.742. The molecule has 0 fully saturated rings. The number of hydrogen-bond acceptors (Lipinski definition) is 3. The zero-order valence-corrected chi connectivity index (χ0v) is 12.2. The Kier molecular flexibility index (Phi) is 4.95. The van der Waals surface area contributed by atoms with Crippen LogP contribution >= 0.6 is 0 Å². The molecule has 0 aliphatic carbocycles. The maximum atomic E-state index is 12.2. The first-order valence-corrected chi connectivity index (χ1v) is 6.53. The second-order valence-corrected chi connectivity index (χ2v) is 6.19. The van der Waals surface area contributed by atoms with Crippen LogP contribution in [0.2, 0.25) is 0 Å². The summed E-state index contributed by atoms with van der Waals surface area (Å²) < 4.78 is 0. The number of phenols is 1. The lowest BCUT2D eigenvalue weighted by molar-refractivity contribution is -0.120. The second-order valence-electron chi connectivity index (χ2n) is 6.19. The summed E-state index contributed by atoms with van der Waals surface area (Å²) in [6, 6.07) is 5.01. The van der Waals surface area contributed by atoms with E-state index in [1.54, 1.807) is 25.1 Å². The van der Waals surface area contributed by atoms with Crippen molar-refractivity contribution in [3.63, 3.8) is 0 Å². The van der Waals surface area contributed by atoms with Crippen LogP contribution in [0, 0.1) is 18.3 Å². The maximum Gasteiger partial charge on any atom is 0.228 e. The molecule has 0 spiro atoms. The van der Waals surface area contributed by atoms with Gasteiger partial charge in [-0.05, 0) is 42.5 Å². The maximum absolute atomic E-state index is 12.2. The average molecular weight is 264 g/mol. The van der Waals surface area contributed by atoms with E-state index in [2.05, 4.69) is 26.1 Å². The minimum atomic E-state index is -0.200. The lowest BCUT2D eigenvalue weighted by atomic mass is 9.84. The van der Waals surface area contributed by atoms with Crippen molar-refractivity contribution in [3.05, 3.63) is 23.8 Å². The molecule has 0 saturated heterocycles. The van der Waals surface area contributed by atoms with Crippen molar-refractivity contribution in [2.24, 2.45) is 17.1 Å². The quantitative estimate of drug-likeness (QED) is 0.732. The molecule has 0 aliphatic rings. The first-order valence-electron chi connectivity index (χ1n) is 6.53. The molecule has 0 radical (unpaired) electrons. The molecule has 0 aliphatic heterocycles. The standard InChI is InChI=1S/C15H24N2O2/c1-10-7-12(5-6-13(10)18)17-14(19)11(9-16)8-15(2,3)4/h5-7,11,18H,8-9,16H2,1-4H3,(H,17,19). The Bertz CT molecular complexity index is 450. The van der Waals surface area contributed by atoms with Gasteiger partial charge in [0.1, 0.15) is 5.75 Å². The molecule has 19 heavy (non-hydrogen) atoms. The summed E-state index contributed by atoms with van der Waals surface area (Å²) in [7, 11) is 0. The number of rotatable bonds is 4. The zero-order chi connectivity index (χ0) is 14.6. The number of hydrogen-bond donors (Lipinski definition) is 3. The van der Waals surface area contributed by atoms with Crippen LogP contribution in [-0.4, -0.2) is 17.6 Å². The Balaban J connectivity index is 2.74. The molecule has 1 aromatic rings. The highest BCUT2D eigenvalue weighted by molar-refractivity contribution is 5.92. The van der Waals surface area contributed by atoms with Crippen LogP contribution in [0.5, 0.6) is 5.75 Å². The highest BCUT2D eigenvalue weighted by Crippen LogP contribution is 2.25. The van der Waals surface area contributed by atoms with E-state index < -0.39 is 0 Å². The molecular formula is C15H24N2O2. The number of nitrogens with one attached hydrogen (secondary N) is 1. The largest absolute Gasteiger partial charge is 0.508 e. The van der Waals surface area contributed by atoms with Crippen molar-refractivity contribution in [1.29, 1.82) is 0 Å². The van der Waals surface area contributed by atoms with E-state index in [1.165, 1.54) is 0 Å². The highest BCUT2D eigenvalue weighted by Gasteiger charge is 2.23. The Labute approximate surface area is 115 Å². The van der Waals surface area contributed by atoms with E-state index in [-0.39, 0.29) is 23.0 Å². The molecule has 1 unspecified atom stereocenters. The molecule has 1 amide bonds. The van der Waals surface area contributed by atoms with Crippen molar-refractivity contribution in [2.75, 3.05) is 11.9 Å².